The van der Waals surface area contributed by atoms with Crippen molar-refractivity contribution in [3.05, 3.63) is 0 Å². The Balaban J connectivity index is 2.98. The Bertz CT molecular complexity index is 220. The molecule has 0 aliphatic carbocycles. The highest BCUT2D eigenvalue weighted by molar-refractivity contribution is 4.57. The first kappa shape index (κ1) is 23.9. The van der Waals surface area contributed by atoms with Gasteiger partial charge in [-0.2, -0.15) is 0 Å². The molecule has 0 aromatic carbocycles. The summed E-state index contributed by atoms with van der Waals surface area (Å²) in [6.45, 7) is 6.14. The molecule has 0 saturated heterocycles. The molecule has 2 nitrogen and oxygen atoms in total. The van der Waals surface area contributed by atoms with Gasteiger partial charge in [-0.1, -0.05) is 110 Å². The molecule has 0 fully saturated rings. The highest BCUT2D eigenvalue weighted by Gasteiger charge is 1.98. The zero-order valence-electron chi connectivity index (χ0n) is 17.0. The second-order valence-electron chi connectivity index (χ2n) is 7.57. The summed E-state index contributed by atoms with van der Waals surface area (Å²) in [4.78, 5) is 0. The predicted octanol–water partition coefficient (Wildman–Crippen LogP) is 6.61. The molecule has 24 heavy (non-hydrogen) atoms. The molecule has 2 N–H and O–H groups in total. The number of aliphatic hydroxyl groups is 1. The Hall–Kier alpha value is -0.0800. The van der Waals surface area contributed by atoms with Crippen LogP contribution in [0, 0.1) is 0 Å². The molecule has 146 valence electrons. The van der Waals surface area contributed by atoms with Crippen molar-refractivity contribution in [1.29, 1.82) is 0 Å². The van der Waals surface area contributed by atoms with Gasteiger partial charge in [-0.25, -0.2) is 0 Å². The van der Waals surface area contributed by atoms with E-state index in [1.807, 2.05) is 6.92 Å². The van der Waals surface area contributed by atoms with E-state index in [4.69, 9.17) is 0 Å². The van der Waals surface area contributed by atoms with E-state index in [-0.39, 0.29) is 6.10 Å². The van der Waals surface area contributed by atoms with Gasteiger partial charge in [-0.3, -0.25) is 0 Å². The molecule has 0 aromatic heterocycles. The molecule has 0 rings (SSSR count). The third-order valence-electron chi connectivity index (χ3n) is 5.06. The zero-order valence-corrected chi connectivity index (χ0v) is 17.0. The Morgan fingerprint density at radius 2 is 0.958 bits per heavy atom. The van der Waals surface area contributed by atoms with E-state index in [2.05, 4.69) is 12.2 Å². The summed E-state index contributed by atoms with van der Waals surface area (Å²) in [7, 11) is 0. The van der Waals surface area contributed by atoms with E-state index >= 15 is 0 Å². The lowest BCUT2D eigenvalue weighted by Gasteiger charge is -2.09. The normalized spacial score (nSPS) is 12.6. The van der Waals surface area contributed by atoms with Crippen LogP contribution in [-0.2, 0) is 0 Å². The maximum absolute atomic E-state index is 9.43. The summed E-state index contributed by atoms with van der Waals surface area (Å²) in [5.41, 5.74) is 0. The van der Waals surface area contributed by atoms with Crippen LogP contribution in [-0.4, -0.2) is 24.3 Å². The van der Waals surface area contributed by atoms with Gasteiger partial charge in [0.2, 0.25) is 0 Å². The molecular formula is C22H47NO. The number of unbranched alkanes of at least 4 members (excludes halogenated alkanes) is 15. The number of rotatable bonds is 20. The maximum Gasteiger partial charge on any atom is 0.0662 e. The third kappa shape index (κ3) is 20.0. The summed E-state index contributed by atoms with van der Waals surface area (Å²) in [5.74, 6) is 0. The maximum atomic E-state index is 9.43. The molecule has 1 unspecified atom stereocenters. The average molecular weight is 342 g/mol. The van der Waals surface area contributed by atoms with Crippen molar-refractivity contribution in [2.45, 2.75) is 129 Å². The predicted molar refractivity (Wildman–Crippen MR) is 109 cm³/mol. The van der Waals surface area contributed by atoms with Gasteiger partial charge in [-0.15, -0.1) is 0 Å². The van der Waals surface area contributed by atoms with Gasteiger partial charge in [0, 0.05) is 6.54 Å². The average Bonchev–Trinajstić information content (AvgIpc) is 2.60. The van der Waals surface area contributed by atoms with Crippen LogP contribution >= 0.6 is 0 Å². The van der Waals surface area contributed by atoms with Crippen LogP contribution in [0.5, 0.6) is 0 Å². The van der Waals surface area contributed by atoms with Crippen LogP contribution in [0.1, 0.15) is 123 Å². The van der Waals surface area contributed by atoms with E-state index in [1.165, 1.54) is 103 Å². The molecule has 0 heterocycles. The van der Waals surface area contributed by atoms with E-state index in [0.717, 1.165) is 19.5 Å². The smallest absolute Gasteiger partial charge is 0.0662 e. The fraction of sp³-hybridized carbons (Fsp3) is 1.00. The monoisotopic (exact) mass is 341 g/mol. The highest BCUT2D eigenvalue weighted by atomic mass is 16.3. The van der Waals surface area contributed by atoms with Gasteiger partial charge >= 0.3 is 0 Å². The third-order valence-corrected chi connectivity index (χ3v) is 5.06. The molecule has 1 atom stereocenters. The molecular weight excluding hydrogens is 294 g/mol. The quantitative estimate of drug-likeness (QED) is 0.244. The molecule has 0 spiro atoms. The molecule has 0 saturated carbocycles. The molecule has 0 aromatic rings. The first-order valence-corrected chi connectivity index (χ1v) is 11.2. The summed E-state index contributed by atoms with van der Waals surface area (Å²) in [6, 6.07) is 0. The number of hydrogen-bond donors (Lipinski definition) is 2. The fourth-order valence-electron chi connectivity index (χ4n) is 3.21. The second kappa shape index (κ2) is 21.0. The second-order valence-corrected chi connectivity index (χ2v) is 7.57. The summed E-state index contributed by atoms with van der Waals surface area (Å²) < 4.78 is 0. The van der Waals surface area contributed by atoms with E-state index < -0.39 is 0 Å². The molecule has 0 bridgehead atoms. The first-order chi connectivity index (χ1) is 11.8. The van der Waals surface area contributed by atoms with E-state index in [0.29, 0.717) is 0 Å². The van der Waals surface area contributed by atoms with Gasteiger partial charge in [0.15, 0.2) is 0 Å². The SMILES string of the molecule is CCCCCCCCCCCCCCCCCCNCC(O)CC. The number of hydrogen-bond acceptors (Lipinski definition) is 2. The van der Waals surface area contributed by atoms with Crippen LogP contribution in [0.2, 0.25) is 0 Å². The van der Waals surface area contributed by atoms with Crippen molar-refractivity contribution in [1.82, 2.24) is 5.32 Å². The topological polar surface area (TPSA) is 32.3 Å². The zero-order chi connectivity index (χ0) is 17.7. The summed E-state index contributed by atoms with van der Waals surface area (Å²) in [6.07, 6.45) is 23.4. The molecule has 0 amide bonds. The number of nitrogens with one attached hydrogen (secondary N) is 1. The van der Waals surface area contributed by atoms with Crippen molar-refractivity contribution in [2.24, 2.45) is 0 Å². The molecule has 2 heteroatoms. The minimum atomic E-state index is -0.161. The van der Waals surface area contributed by atoms with Gasteiger partial charge < -0.3 is 10.4 Å². The van der Waals surface area contributed by atoms with Crippen molar-refractivity contribution < 1.29 is 5.11 Å². The van der Waals surface area contributed by atoms with E-state index in [1.54, 1.807) is 0 Å². The fourth-order valence-corrected chi connectivity index (χ4v) is 3.21. The summed E-state index contributed by atoms with van der Waals surface area (Å²) in [5, 5.41) is 12.8. The Labute approximate surface area is 153 Å². The van der Waals surface area contributed by atoms with Crippen molar-refractivity contribution >= 4 is 0 Å². The van der Waals surface area contributed by atoms with Crippen LogP contribution in [0.4, 0.5) is 0 Å². The summed E-state index contributed by atoms with van der Waals surface area (Å²) >= 11 is 0. The van der Waals surface area contributed by atoms with Gasteiger partial charge in [-0.05, 0) is 19.4 Å². The lowest BCUT2D eigenvalue weighted by atomic mass is 10.0. The standard InChI is InChI=1S/C22H47NO/c1-3-5-6-7-8-9-10-11-12-13-14-15-16-17-18-19-20-23-21-22(24)4-2/h22-24H,3-21H2,1-2H3. The minimum absolute atomic E-state index is 0.161. The number of aliphatic hydroxyl groups excluding tert-OH is 1. The van der Waals surface area contributed by atoms with Gasteiger partial charge in [0.1, 0.15) is 0 Å². The van der Waals surface area contributed by atoms with Crippen molar-refractivity contribution in [3.63, 3.8) is 0 Å². The van der Waals surface area contributed by atoms with Crippen LogP contribution in [0.15, 0.2) is 0 Å². The first-order valence-electron chi connectivity index (χ1n) is 11.2. The van der Waals surface area contributed by atoms with Gasteiger partial charge in [0.05, 0.1) is 6.10 Å². The lowest BCUT2D eigenvalue weighted by molar-refractivity contribution is 0.167. The van der Waals surface area contributed by atoms with Crippen LogP contribution in [0.25, 0.3) is 0 Å². The van der Waals surface area contributed by atoms with E-state index in [9.17, 15) is 5.11 Å². The lowest BCUT2D eigenvalue weighted by Crippen LogP contribution is -2.26. The van der Waals surface area contributed by atoms with Crippen LogP contribution in [0.3, 0.4) is 0 Å². The van der Waals surface area contributed by atoms with Gasteiger partial charge in [0.25, 0.3) is 0 Å². The molecule has 0 radical (unpaired) electrons. The largest absolute Gasteiger partial charge is 0.392 e. The minimum Gasteiger partial charge on any atom is -0.392 e. The van der Waals surface area contributed by atoms with Crippen LogP contribution < -0.4 is 5.32 Å². The van der Waals surface area contributed by atoms with Crippen molar-refractivity contribution in [2.75, 3.05) is 13.1 Å². The highest BCUT2D eigenvalue weighted by Crippen LogP contribution is 2.13. The molecule has 0 aliphatic rings. The molecule has 0 aliphatic heterocycles. The Morgan fingerprint density at radius 1 is 0.583 bits per heavy atom. The Kier molecular flexibility index (Phi) is 20.9. The van der Waals surface area contributed by atoms with Crippen molar-refractivity contribution in [3.8, 4) is 0 Å². The Morgan fingerprint density at radius 3 is 1.33 bits per heavy atom.